The number of hydrogen-bond donors (Lipinski definition) is 1. The lowest BCUT2D eigenvalue weighted by atomic mass is 10.3. The first-order valence-electron chi connectivity index (χ1n) is 7.87. The summed E-state index contributed by atoms with van der Waals surface area (Å²) in [6.07, 6.45) is -7.18. The predicted molar refractivity (Wildman–Crippen MR) is 88.3 cm³/mol. The number of ether oxygens (including phenoxy) is 2. The summed E-state index contributed by atoms with van der Waals surface area (Å²) in [6, 6.07) is 2.55. The van der Waals surface area contributed by atoms with Crippen LogP contribution in [-0.4, -0.2) is 43.8 Å². The van der Waals surface area contributed by atoms with Crippen LogP contribution in [0.4, 0.5) is 32.0 Å². The maximum Gasteiger partial charge on any atom is 0.422 e. The Bertz CT molecular complexity index is 904. The van der Waals surface area contributed by atoms with Crippen molar-refractivity contribution in [2.24, 2.45) is 0 Å². The van der Waals surface area contributed by atoms with E-state index in [1.165, 1.54) is 10.9 Å². The van der Waals surface area contributed by atoms with Gasteiger partial charge in [0.25, 0.3) is 10.0 Å². The van der Waals surface area contributed by atoms with Crippen LogP contribution in [-0.2, 0) is 16.6 Å². The molecule has 0 amide bonds. The fourth-order valence-corrected chi connectivity index (χ4v) is 2.99. The summed E-state index contributed by atoms with van der Waals surface area (Å²) in [5.74, 6) is -1.08. The average molecular weight is 447 g/mol. The maximum absolute atomic E-state index is 12.4. The van der Waals surface area contributed by atoms with Gasteiger partial charge in [-0.25, -0.2) is 8.42 Å². The van der Waals surface area contributed by atoms with E-state index in [0.29, 0.717) is 6.54 Å². The van der Waals surface area contributed by atoms with E-state index in [9.17, 15) is 34.8 Å². The highest BCUT2D eigenvalue weighted by atomic mass is 32.2. The van der Waals surface area contributed by atoms with Crippen molar-refractivity contribution in [2.75, 3.05) is 17.9 Å². The lowest BCUT2D eigenvalue weighted by Gasteiger charge is -2.15. The molecule has 29 heavy (non-hydrogen) atoms. The Labute approximate surface area is 161 Å². The Kier molecular flexibility index (Phi) is 6.55. The van der Waals surface area contributed by atoms with Crippen LogP contribution in [0.2, 0.25) is 0 Å². The molecule has 0 bridgehead atoms. The lowest BCUT2D eigenvalue weighted by Crippen LogP contribution is -2.20. The highest BCUT2D eigenvalue weighted by molar-refractivity contribution is 7.92. The molecule has 0 atom stereocenters. The second-order valence-corrected chi connectivity index (χ2v) is 7.32. The predicted octanol–water partition coefficient (Wildman–Crippen LogP) is 3.59. The number of hydrogen-bond acceptors (Lipinski definition) is 5. The zero-order valence-corrected chi connectivity index (χ0v) is 15.5. The largest absolute Gasteiger partial charge is 0.484 e. The first-order chi connectivity index (χ1) is 13.3. The minimum atomic E-state index is -4.71. The van der Waals surface area contributed by atoms with Gasteiger partial charge in [-0.1, -0.05) is 0 Å². The van der Waals surface area contributed by atoms with Crippen molar-refractivity contribution in [3.8, 4) is 11.5 Å². The number of alkyl halides is 6. The Hall–Kier alpha value is -2.64. The van der Waals surface area contributed by atoms with Crippen molar-refractivity contribution in [3.05, 3.63) is 30.6 Å². The minimum Gasteiger partial charge on any atom is -0.484 e. The zero-order chi connectivity index (χ0) is 21.9. The number of anilines is 1. The number of nitrogens with zero attached hydrogens (tertiary/aromatic N) is 2. The molecule has 1 aromatic heterocycles. The molecule has 0 unspecified atom stereocenters. The third kappa shape index (κ3) is 7.36. The Balaban J connectivity index is 2.30. The first-order valence-corrected chi connectivity index (χ1v) is 9.35. The molecule has 0 aliphatic carbocycles. The highest BCUT2D eigenvalue weighted by Gasteiger charge is 2.30. The molecule has 0 spiro atoms. The van der Waals surface area contributed by atoms with Crippen LogP contribution in [0.3, 0.4) is 0 Å². The summed E-state index contributed by atoms with van der Waals surface area (Å²) < 4.78 is 111. The minimum absolute atomic E-state index is 0.251. The normalized spacial score (nSPS) is 12.7. The second-order valence-electron chi connectivity index (χ2n) is 5.64. The smallest absolute Gasteiger partial charge is 0.422 e. The molecule has 1 aromatic carbocycles. The van der Waals surface area contributed by atoms with Gasteiger partial charge < -0.3 is 9.47 Å². The Morgan fingerprint density at radius 1 is 1.00 bits per heavy atom. The summed E-state index contributed by atoms with van der Waals surface area (Å²) in [6.45, 7) is -1.37. The summed E-state index contributed by atoms with van der Waals surface area (Å²) in [4.78, 5) is -0.251. The van der Waals surface area contributed by atoms with Gasteiger partial charge in [0.05, 0.1) is 11.9 Å². The zero-order valence-electron chi connectivity index (χ0n) is 14.7. The van der Waals surface area contributed by atoms with Crippen LogP contribution in [0.25, 0.3) is 0 Å². The molecule has 0 radical (unpaired) electrons. The average Bonchev–Trinajstić information content (AvgIpc) is 3.07. The molecular formula is C15H15F6N3O4S. The van der Waals surface area contributed by atoms with Crippen LogP contribution in [0.1, 0.15) is 6.92 Å². The van der Waals surface area contributed by atoms with Crippen LogP contribution in [0.15, 0.2) is 35.5 Å². The van der Waals surface area contributed by atoms with E-state index in [2.05, 4.69) is 14.6 Å². The van der Waals surface area contributed by atoms with Crippen molar-refractivity contribution in [3.63, 3.8) is 0 Å². The van der Waals surface area contributed by atoms with Crippen LogP contribution < -0.4 is 14.2 Å². The molecule has 0 aliphatic heterocycles. The topological polar surface area (TPSA) is 82.5 Å². The van der Waals surface area contributed by atoms with Gasteiger partial charge in [-0.05, 0) is 6.92 Å². The first kappa shape index (κ1) is 22.6. The third-order valence-electron chi connectivity index (χ3n) is 3.18. The van der Waals surface area contributed by atoms with Gasteiger partial charge >= 0.3 is 12.4 Å². The SMILES string of the molecule is CCn1cc(S(=O)(=O)Nc2cc(OCC(F)(F)F)cc(OCC(F)(F)F)c2)cn1. The molecule has 1 N–H and O–H groups in total. The third-order valence-corrected chi connectivity index (χ3v) is 4.52. The van der Waals surface area contributed by atoms with E-state index in [-0.39, 0.29) is 10.6 Å². The standard InChI is InChI=1S/C15H15F6N3O4S/c1-2-24-7-13(6-22-24)29(25,26)23-10-3-11(27-8-14(16,17)18)5-12(4-10)28-9-15(19,20)21/h3-7,23H,2,8-9H2,1H3. The van der Waals surface area contributed by atoms with Gasteiger partial charge in [0.1, 0.15) is 16.4 Å². The molecule has 7 nitrogen and oxygen atoms in total. The van der Waals surface area contributed by atoms with Crippen molar-refractivity contribution >= 4 is 15.7 Å². The molecule has 14 heteroatoms. The van der Waals surface area contributed by atoms with Gasteiger partial charge in [0.2, 0.25) is 0 Å². The van der Waals surface area contributed by atoms with Crippen molar-refractivity contribution < 1.29 is 44.2 Å². The molecule has 0 fully saturated rings. The number of halogens is 6. The second kappa shape index (κ2) is 8.39. The van der Waals surface area contributed by atoms with E-state index in [1.807, 2.05) is 4.72 Å². The van der Waals surface area contributed by atoms with E-state index < -0.39 is 47.1 Å². The summed E-state index contributed by atoms with van der Waals surface area (Å²) >= 11 is 0. The van der Waals surface area contributed by atoms with Gasteiger partial charge in [-0.3, -0.25) is 9.40 Å². The number of aromatic nitrogens is 2. The molecular weight excluding hydrogens is 432 g/mol. The molecule has 0 saturated carbocycles. The fourth-order valence-electron chi connectivity index (χ4n) is 2.00. The van der Waals surface area contributed by atoms with Gasteiger partial charge in [0, 0.05) is 30.9 Å². The Morgan fingerprint density at radius 3 is 1.93 bits per heavy atom. The highest BCUT2D eigenvalue weighted by Crippen LogP contribution is 2.30. The van der Waals surface area contributed by atoms with E-state index in [4.69, 9.17) is 0 Å². The molecule has 0 saturated heterocycles. The maximum atomic E-state index is 12.4. The Morgan fingerprint density at radius 2 is 1.52 bits per heavy atom. The molecule has 0 aliphatic rings. The number of rotatable bonds is 8. The number of benzene rings is 1. The van der Waals surface area contributed by atoms with Crippen molar-refractivity contribution in [1.29, 1.82) is 0 Å². The van der Waals surface area contributed by atoms with Gasteiger partial charge in [-0.15, -0.1) is 0 Å². The molecule has 2 rings (SSSR count). The lowest BCUT2D eigenvalue weighted by molar-refractivity contribution is -0.153. The number of sulfonamides is 1. The summed E-state index contributed by atoms with van der Waals surface area (Å²) in [5.41, 5.74) is -0.355. The van der Waals surface area contributed by atoms with E-state index in [1.54, 1.807) is 6.92 Å². The summed E-state index contributed by atoms with van der Waals surface area (Å²) in [7, 11) is -4.21. The fraction of sp³-hybridized carbons (Fsp3) is 0.400. The quantitative estimate of drug-likeness (QED) is 0.626. The van der Waals surface area contributed by atoms with Gasteiger partial charge in [-0.2, -0.15) is 31.4 Å². The van der Waals surface area contributed by atoms with Gasteiger partial charge in [0.15, 0.2) is 13.2 Å². The number of nitrogens with one attached hydrogen (secondary N) is 1. The van der Waals surface area contributed by atoms with Crippen molar-refractivity contribution in [2.45, 2.75) is 30.7 Å². The molecule has 1 heterocycles. The van der Waals surface area contributed by atoms with Crippen molar-refractivity contribution in [1.82, 2.24) is 9.78 Å². The molecule has 2 aromatic rings. The van der Waals surface area contributed by atoms with E-state index in [0.717, 1.165) is 24.4 Å². The van der Waals surface area contributed by atoms with Crippen LogP contribution in [0, 0.1) is 0 Å². The number of aryl methyl sites for hydroxylation is 1. The van der Waals surface area contributed by atoms with Crippen LogP contribution >= 0.6 is 0 Å². The summed E-state index contributed by atoms with van der Waals surface area (Å²) in [5, 5.41) is 3.79. The van der Waals surface area contributed by atoms with E-state index >= 15 is 0 Å². The van der Waals surface area contributed by atoms with Crippen LogP contribution in [0.5, 0.6) is 11.5 Å². The molecule has 162 valence electrons. The monoisotopic (exact) mass is 447 g/mol.